The van der Waals surface area contributed by atoms with Gasteiger partial charge in [0.15, 0.2) is 4.80 Å². The number of carbonyl (C=O) groups is 2. The number of fused-ring (bicyclic) bond motifs is 1. The normalized spacial score (nSPS) is 14.8. The van der Waals surface area contributed by atoms with Crippen molar-refractivity contribution in [3.63, 3.8) is 0 Å². The van der Waals surface area contributed by atoms with Gasteiger partial charge in [0.05, 0.1) is 38.1 Å². The Morgan fingerprint density at radius 3 is 2.46 bits per heavy atom. The molecule has 0 radical (unpaired) electrons. The first-order valence-corrected chi connectivity index (χ1v) is 14.6. The minimum absolute atomic E-state index is 0.223. The van der Waals surface area contributed by atoms with Gasteiger partial charge in [0.1, 0.15) is 12.4 Å². The summed E-state index contributed by atoms with van der Waals surface area (Å²) in [5.41, 5.74) is 3.43. The van der Waals surface area contributed by atoms with Gasteiger partial charge in [-0.2, -0.15) is 0 Å². The van der Waals surface area contributed by atoms with Crippen LogP contribution >= 0.6 is 33.9 Å². The number of thiazole rings is 1. The number of benzene rings is 3. The number of carboxylic acid groups (broad SMARTS) is 1. The molecule has 1 N–H and O–H groups in total. The number of halogens is 1. The lowest BCUT2D eigenvalue weighted by molar-refractivity contribution is -0.136. The van der Waals surface area contributed by atoms with E-state index in [9.17, 15) is 14.4 Å². The van der Waals surface area contributed by atoms with Crippen molar-refractivity contribution in [1.29, 1.82) is 0 Å². The summed E-state index contributed by atoms with van der Waals surface area (Å²) in [7, 11) is 1.33. The van der Waals surface area contributed by atoms with Crippen LogP contribution in [0.4, 0.5) is 0 Å². The van der Waals surface area contributed by atoms with Crippen molar-refractivity contribution < 1.29 is 24.2 Å². The van der Waals surface area contributed by atoms with Gasteiger partial charge in [-0.15, -0.1) is 0 Å². The van der Waals surface area contributed by atoms with Gasteiger partial charge in [-0.1, -0.05) is 66.8 Å². The van der Waals surface area contributed by atoms with E-state index in [1.54, 1.807) is 28.8 Å². The van der Waals surface area contributed by atoms with Crippen LogP contribution in [-0.4, -0.2) is 28.7 Å². The first-order chi connectivity index (χ1) is 19.8. The van der Waals surface area contributed by atoms with Crippen LogP contribution in [0.1, 0.15) is 46.4 Å². The number of aromatic nitrogens is 1. The second-order valence-corrected chi connectivity index (χ2v) is 11.4. The summed E-state index contributed by atoms with van der Waals surface area (Å²) in [6.45, 7) is 2.21. The Hall–Kier alpha value is -4.03. The number of aromatic carboxylic acids is 1. The molecule has 10 heteroatoms. The zero-order valence-electron chi connectivity index (χ0n) is 22.2. The van der Waals surface area contributed by atoms with Crippen molar-refractivity contribution >= 4 is 51.9 Å². The topological polar surface area (TPSA) is 107 Å². The van der Waals surface area contributed by atoms with Crippen molar-refractivity contribution in [3.05, 3.63) is 130 Å². The van der Waals surface area contributed by atoms with Gasteiger partial charge in [0.25, 0.3) is 5.56 Å². The maximum absolute atomic E-state index is 13.8. The van der Waals surface area contributed by atoms with Crippen LogP contribution in [0.25, 0.3) is 6.08 Å². The molecular weight excluding hydrogens is 655 g/mol. The van der Waals surface area contributed by atoms with Gasteiger partial charge in [-0.3, -0.25) is 9.36 Å². The molecule has 3 aromatic carbocycles. The van der Waals surface area contributed by atoms with E-state index >= 15 is 0 Å². The predicted octanol–water partition coefficient (Wildman–Crippen LogP) is 4.68. The number of allylic oxidation sites excluding steroid dienone is 1. The van der Waals surface area contributed by atoms with E-state index in [4.69, 9.17) is 19.6 Å². The fraction of sp³-hybridized carbons (Fsp3) is 0.161. The largest absolute Gasteiger partial charge is 0.488 e. The molecule has 1 aromatic heterocycles. The number of methoxy groups -OCH3 is 1. The molecule has 0 bridgehead atoms. The summed E-state index contributed by atoms with van der Waals surface area (Å²) in [6, 6.07) is 21.0. The van der Waals surface area contributed by atoms with E-state index in [0.717, 1.165) is 20.3 Å². The van der Waals surface area contributed by atoms with Crippen molar-refractivity contribution in [1.82, 2.24) is 4.57 Å². The second-order valence-electron chi connectivity index (χ2n) is 9.18. The van der Waals surface area contributed by atoms with Gasteiger partial charge in [0, 0.05) is 0 Å². The Morgan fingerprint density at radius 2 is 1.83 bits per heavy atom. The molecule has 4 aromatic rings. The van der Waals surface area contributed by atoms with Crippen LogP contribution in [-0.2, 0) is 16.1 Å². The number of carboxylic acids is 1. The Kier molecular flexibility index (Phi) is 8.50. The molecule has 5 rings (SSSR count). The van der Waals surface area contributed by atoms with E-state index in [1.807, 2.05) is 61.5 Å². The average molecular weight is 681 g/mol. The lowest BCUT2D eigenvalue weighted by Gasteiger charge is -2.25. The molecule has 0 unspecified atom stereocenters. The van der Waals surface area contributed by atoms with Crippen LogP contribution in [0.5, 0.6) is 5.75 Å². The van der Waals surface area contributed by atoms with Crippen molar-refractivity contribution in [3.8, 4) is 5.75 Å². The summed E-state index contributed by atoms with van der Waals surface area (Å²) < 4.78 is 14.0. The van der Waals surface area contributed by atoms with Gasteiger partial charge < -0.3 is 14.6 Å². The van der Waals surface area contributed by atoms with Crippen LogP contribution in [0.2, 0.25) is 0 Å². The van der Waals surface area contributed by atoms with Gasteiger partial charge in [-0.25, -0.2) is 14.6 Å². The zero-order valence-corrected chi connectivity index (χ0v) is 25.1. The summed E-state index contributed by atoms with van der Waals surface area (Å²) in [6.07, 6.45) is 2.33. The summed E-state index contributed by atoms with van der Waals surface area (Å²) >= 11 is 3.47. The smallest absolute Gasteiger partial charge is 0.338 e. The SMILES string of the molecule is CCC1=C(C(=O)OC)[C@H](c2ccccc2)n2c(s/c(=C\c3ccc(OCc4ccc(C(=O)O)cc4)c(I)c3)c2=O)=N1. The molecule has 1 atom stereocenters. The molecule has 208 valence electrons. The molecule has 0 amide bonds. The molecule has 0 saturated heterocycles. The first kappa shape index (κ1) is 28.5. The zero-order chi connectivity index (χ0) is 29.1. The van der Waals surface area contributed by atoms with Crippen LogP contribution in [0.15, 0.2) is 93.9 Å². The minimum Gasteiger partial charge on any atom is -0.488 e. The van der Waals surface area contributed by atoms with Crippen molar-refractivity contribution in [2.75, 3.05) is 7.11 Å². The highest BCUT2D eigenvalue weighted by atomic mass is 127. The van der Waals surface area contributed by atoms with Crippen LogP contribution < -0.4 is 19.6 Å². The van der Waals surface area contributed by atoms with E-state index in [1.165, 1.54) is 18.4 Å². The third-order valence-corrected chi connectivity index (χ3v) is 8.44. The highest BCUT2D eigenvalue weighted by Crippen LogP contribution is 2.31. The number of esters is 1. The first-order valence-electron chi connectivity index (χ1n) is 12.7. The molecule has 0 aliphatic carbocycles. The predicted molar refractivity (Wildman–Crippen MR) is 164 cm³/mol. The quantitative estimate of drug-likeness (QED) is 0.214. The minimum atomic E-state index is -0.972. The Morgan fingerprint density at radius 1 is 1.10 bits per heavy atom. The summed E-state index contributed by atoms with van der Waals surface area (Å²) in [4.78, 5) is 43.0. The molecule has 41 heavy (non-hydrogen) atoms. The van der Waals surface area contributed by atoms with E-state index in [2.05, 4.69) is 22.6 Å². The summed E-state index contributed by atoms with van der Waals surface area (Å²) in [5, 5.41) is 9.07. The number of carbonyl (C=O) groups excluding carboxylic acids is 1. The molecule has 8 nitrogen and oxygen atoms in total. The molecular formula is C31H25IN2O6S. The standard InChI is InChI=1S/C31H25IN2O6S/c1-3-23-26(30(38)39-2)27(20-7-5-4-6-8-20)34-28(35)25(41-31(34)33-23)16-19-11-14-24(22(32)15-19)40-17-18-9-12-21(13-10-18)29(36)37/h4-16,27H,3,17H2,1-2H3,(H,36,37)/b25-16-/t27-/m0/s1. The van der Waals surface area contributed by atoms with E-state index < -0.39 is 18.0 Å². The Bertz CT molecular complexity index is 1840. The Labute approximate surface area is 253 Å². The lowest BCUT2D eigenvalue weighted by atomic mass is 9.95. The number of nitrogens with zero attached hydrogens (tertiary/aromatic N) is 2. The number of hydrogen-bond donors (Lipinski definition) is 1. The maximum Gasteiger partial charge on any atom is 0.338 e. The third kappa shape index (κ3) is 5.89. The summed E-state index contributed by atoms with van der Waals surface area (Å²) in [5.74, 6) is -0.803. The Balaban J connectivity index is 1.48. The fourth-order valence-electron chi connectivity index (χ4n) is 4.59. The third-order valence-electron chi connectivity index (χ3n) is 6.61. The van der Waals surface area contributed by atoms with Crippen LogP contribution in [0.3, 0.4) is 0 Å². The van der Waals surface area contributed by atoms with Gasteiger partial charge in [-0.05, 0) is 76.0 Å². The molecule has 1 aliphatic heterocycles. The van der Waals surface area contributed by atoms with Crippen molar-refractivity contribution in [2.24, 2.45) is 4.99 Å². The van der Waals surface area contributed by atoms with Gasteiger partial charge in [0.2, 0.25) is 0 Å². The number of ether oxygens (including phenoxy) is 2. The molecule has 0 saturated carbocycles. The highest BCUT2D eigenvalue weighted by molar-refractivity contribution is 14.1. The number of hydrogen-bond acceptors (Lipinski definition) is 7. The van der Waals surface area contributed by atoms with Crippen LogP contribution in [0, 0.1) is 3.57 Å². The second kappa shape index (κ2) is 12.2. The number of rotatable bonds is 8. The van der Waals surface area contributed by atoms with Gasteiger partial charge >= 0.3 is 11.9 Å². The molecule has 0 fully saturated rings. The molecule has 2 heterocycles. The molecule has 1 aliphatic rings. The van der Waals surface area contributed by atoms with E-state index in [0.29, 0.717) is 32.8 Å². The van der Waals surface area contributed by atoms with E-state index in [-0.39, 0.29) is 17.7 Å². The van der Waals surface area contributed by atoms with Crippen molar-refractivity contribution in [2.45, 2.75) is 26.0 Å². The maximum atomic E-state index is 13.8. The highest BCUT2D eigenvalue weighted by Gasteiger charge is 2.33. The molecule has 0 spiro atoms. The monoisotopic (exact) mass is 680 g/mol. The lowest BCUT2D eigenvalue weighted by Crippen LogP contribution is -2.40. The fourth-order valence-corrected chi connectivity index (χ4v) is 6.31. The average Bonchev–Trinajstić information content (AvgIpc) is 3.30.